The summed E-state index contributed by atoms with van der Waals surface area (Å²) >= 11 is 1.58. The number of nitrogens with zero attached hydrogens (tertiary/aromatic N) is 1. The molecule has 8 rings (SSSR count). The van der Waals surface area contributed by atoms with Crippen LogP contribution in [0.15, 0.2) is 131 Å². The lowest BCUT2D eigenvalue weighted by atomic mass is 9.69. The van der Waals surface area contributed by atoms with Crippen LogP contribution in [0.3, 0.4) is 0 Å². The van der Waals surface area contributed by atoms with Gasteiger partial charge in [0, 0.05) is 16.2 Å². The van der Waals surface area contributed by atoms with Gasteiger partial charge in [-0.2, -0.15) is 0 Å². The number of carbonyl (C=O) groups excluding carboxylic acids is 2. The lowest BCUT2D eigenvalue weighted by Gasteiger charge is -2.44. The molecule has 1 aromatic heterocycles. The van der Waals surface area contributed by atoms with E-state index >= 15 is 0 Å². The second kappa shape index (κ2) is 16.3. The van der Waals surface area contributed by atoms with E-state index in [1.54, 1.807) is 17.4 Å². The topological polar surface area (TPSA) is 76.1 Å². The minimum Gasteiger partial charge on any atom is -0.507 e. The van der Waals surface area contributed by atoms with E-state index in [0.717, 1.165) is 52.5 Å². The van der Waals surface area contributed by atoms with Crippen molar-refractivity contribution < 1.29 is 23.9 Å². The first-order chi connectivity index (χ1) is 27.6. The fraction of sp³-hybridized carbons (Fsp3) is 0.347. The van der Waals surface area contributed by atoms with Gasteiger partial charge in [0.2, 0.25) is 11.8 Å². The average molecular weight is 796 g/mol. The number of imide groups is 1. The molecule has 3 aliphatic rings. The summed E-state index contributed by atoms with van der Waals surface area (Å²) < 4.78 is 14.3. The number of hydrogen-bond donors (Lipinski definition) is 1. The number of likely N-dealkylation sites (tertiary alicyclic amines) is 1. The normalized spacial score (nSPS) is 21.4. The van der Waals surface area contributed by atoms with Crippen molar-refractivity contribution in [2.45, 2.75) is 77.5 Å². The lowest BCUT2D eigenvalue weighted by molar-refractivity contribution is -0.140. The van der Waals surface area contributed by atoms with Gasteiger partial charge in [0.15, 0.2) is 0 Å². The van der Waals surface area contributed by atoms with E-state index in [0.29, 0.717) is 26.2 Å². The summed E-state index contributed by atoms with van der Waals surface area (Å²) in [7, 11) is -2.90. The monoisotopic (exact) mass is 795 g/mol. The van der Waals surface area contributed by atoms with Gasteiger partial charge in [-0.1, -0.05) is 143 Å². The van der Waals surface area contributed by atoms with Gasteiger partial charge in [0.1, 0.15) is 5.75 Å². The Bertz CT molecular complexity index is 2260. The van der Waals surface area contributed by atoms with E-state index < -0.39 is 20.2 Å². The molecule has 0 spiro atoms. The first-order valence-electron chi connectivity index (χ1n) is 20.5. The van der Waals surface area contributed by atoms with Crippen LogP contribution in [0.1, 0.15) is 70.2 Å². The molecule has 5 aromatic rings. The van der Waals surface area contributed by atoms with Crippen LogP contribution in [0.25, 0.3) is 16.8 Å². The van der Waals surface area contributed by atoms with Crippen molar-refractivity contribution in [3.63, 3.8) is 0 Å². The summed E-state index contributed by atoms with van der Waals surface area (Å²) in [5.74, 6) is -0.876. The van der Waals surface area contributed by atoms with Crippen molar-refractivity contribution in [3.05, 3.63) is 142 Å². The molecule has 4 aromatic carbocycles. The molecule has 294 valence electrons. The summed E-state index contributed by atoms with van der Waals surface area (Å²) in [6.45, 7) is 10.2. The third kappa shape index (κ3) is 7.38. The van der Waals surface area contributed by atoms with E-state index in [-0.39, 0.29) is 34.6 Å². The van der Waals surface area contributed by atoms with Gasteiger partial charge in [-0.25, -0.2) is 0 Å². The second-order valence-corrected chi connectivity index (χ2v) is 22.3. The molecular formula is C49H53NO5SSi. The lowest BCUT2D eigenvalue weighted by Crippen LogP contribution is -2.66. The highest BCUT2D eigenvalue weighted by atomic mass is 32.1. The Labute approximate surface area is 342 Å². The van der Waals surface area contributed by atoms with Crippen LogP contribution < -0.4 is 10.4 Å². The van der Waals surface area contributed by atoms with Gasteiger partial charge in [0.25, 0.3) is 8.32 Å². The fourth-order valence-corrected chi connectivity index (χ4v) is 15.1. The highest BCUT2D eigenvalue weighted by molar-refractivity contribution is 7.09. The Morgan fingerprint density at radius 3 is 2.19 bits per heavy atom. The first kappa shape index (κ1) is 39.2. The maximum atomic E-state index is 14.3. The molecule has 6 nitrogen and oxygen atoms in total. The van der Waals surface area contributed by atoms with Crippen LogP contribution >= 0.6 is 11.3 Å². The Morgan fingerprint density at radius 1 is 0.860 bits per heavy atom. The Balaban J connectivity index is 1.16. The molecule has 2 amide bonds. The van der Waals surface area contributed by atoms with E-state index in [9.17, 15) is 14.7 Å². The predicted octanol–water partition coefficient (Wildman–Crippen LogP) is 9.66. The fourth-order valence-electron chi connectivity index (χ4n) is 9.90. The van der Waals surface area contributed by atoms with Gasteiger partial charge in [-0.3, -0.25) is 14.5 Å². The molecule has 57 heavy (non-hydrogen) atoms. The van der Waals surface area contributed by atoms with E-state index in [1.807, 2.05) is 41.8 Å². The predicted molar refractivity (Wildman–Crippen MR) is 233 cm³/mol. The molecule has 1 N–H and O–H groups in total. The van der Waals surface area contributed by atoms with Gasteiger partial charge in [-0.15, -0.1) is 11.3 Å². The van der Waals surface area contributed by atoms with Crippen LogP contribution in [0.2, 0.25) is 5.04 Å². The van der Waals surface area contributed by atoms with E-state index in [4.69, 9.17) is 9.16 Å². The molecule has 0 radical (unpaired) electrons. The van der Waals surface area contributed by atoms with Crippen molar-refractivity contribution >= 4 is 58.7 Å². The quantitative estimate of drug-likeness (QED) is 0.0730. The SMILES string of the molecule is CCC/C(=C\c1ccc(O)c2ccccc12)CC[C@H]1OC[C@H]2C1=C(CO[Si](c1ccccc1)(c1ccccc1)C(C)(C)C)C[C@H]1C(=O)N(Cc3cccs3)C(=O)[C@H]12. The maximum Gasteiger partial charge on any atom is 0.261 e. The van der Waals surface area contributed by atoms with Crippen LogP contribution in [-0.2, 0) is 25.3 Å². The zero-order valence-electron chi connectivity index (χ0n) is 33.4. The van der Waals surface area contributed by atoms with Crippen molar-refractivity contribution in [1.82, 2.24) is 4.90 Å². The average Bonchev–Trinajstić information content (AvgIpc) is 3.95. The Morgan fingerprint density at radius 2 is 1.54 bits per heavy atom. The number of allylic oxidation sites excluding steroid dienone is 1. The third-order valence-electron chi connectivity index (χ3n) is 12.5. The first-order valence-corrected chi connectivity index (χ1v) is 23.3. The van der Waals surface area contributed by atoms with Gasteiger partial charge in [-0.05, 0) is 80.7 Å². The molecule has 2 saturated heterocycles. The highest BCUT2D eigenvalue weighted by Crippen LogP contribution is 2.51. The number of rotatable bonds is 13. The standard InChI is InChI=1S/C49H53NO5SSi/c1-5-15-33(28-34-24-25-43(51)40-22-13-12-21-39(34)40)23-26-44-45-35(29-41-46(42(45)32-54-44)48(53)50(47(41)52)30-36-16-14-27-56-36)31-55-57(49(2,3)4,37-17-8-6-9-18-37)38-19-10-7-11-20-38/h6-14,16-22,24-25,27-28,41-42,44,46,51H,5,15,23,26,29-32H2,1-4H3/b33-28+/t41-,42+,44-,46-/m1/s1. The second-order valence-electron chi connectivity index (χ2n) is 16.9. The molecule has 2 fully saturated rings. The highest BCUT2D eigenvalue weighted by Gasteiger charge is 2.58. The molecule has 8 heteroatoms. The summed E-state index contributed by atoms with van der Waals surface area (Å²) in [6.07, 6.45) is 6.17. The molecule has 2 aliphatic heterocycles. The molecule has 3 heterocycles. The zero-order chi connectivity index (χ0) is 39.7. The molecule has 4 atom stereocenters. The van der Waals surface area contributed by atoms with Crippen LogP contribution in [0.5, 0.6) is 5.75 Å². The molecule has 1 aliphatic carbocycles. The third-order valence-corrected chi connectivity index (χ3v) is 18.3. The minimum absolute atomic E-state index is 0.0668. The number of benzene rings is 4. The number of fused-ring (bicyclic) bond motifs is 4. The Hall–Kier alpha value is -4.60. The Kier molecular flexibility index (Phi) is 11.2. The summed E-state index contributed by atoms with van der Waals surface area (Å²) in [5.41, 5.74) is 4.73. The number of aromatic hydroxyl groups is 1. The number of ether oxygens (including phenoxy) is 1. The largest absolute Gasteiger partial charge is 0.507 e. The number of hydrogen-bond acceptors (Lipinski definition) is 6. The van der Waals surface area contributed by atoms with E-state index in [1.165, 1.54) is 26.4 Å². The van der Waals surface area contributed by atoms with Gasteiger partial charge >= 0.3 is 0 Å². The van der Waals surface area contributed by atoms with Crippen molar-refractivity contribution in [3.8, 4) is 5.75 Å². The summed E-state index contributed by atoms with van der Waals surface area (Å²) in [5, 5.41) is 16.7. The summed E-state index contributed by atoms with van der Waals surface area (Å²) in [4.78, 5) is 31.1. The summed E-state index contributed by atoms with van der Waals surface area (Å²) in [6, 6.07) is 37.1. The van der Waals surface area contributed by atoms with Crippen LogP contribution in [0.4, 0.5) is 0 Å². The molecular weight excluding hydrogens is 743 g/mol. The van der Waals surface area contributed by atoms with Crippen molar-refractivity contribution in [2.75, 3.05) is 13.2 Å². The van der Waals surface area contributed by atoms with Crippen molar-refractivity contribution in [1.29, 1.82) is 0 Å². The smallest absolute Gasteiger partial charge is 0.261 e. The molecule has 0 saturated carbocycles. The van der Waals surface area contributed by atoms with Gasteiger partial charge in [0.05, 0.1) is 37.7 Å². The van der Waals surface area contributed by atoms with E-state index in [2.05, 4.69) is 101 Å². The van der Waals surface area contributed by atoms with Crippen LogP contribution in [-0.4, -0.2) is 49.5 Å². The maximum absolute atomic E-state index is 14.3. The van der Waals surface area contributed by atoms with Crippen molar-refractivity contribution in [2.24, 2.45) is 17.8 Å². The molecule has 0 bridgehead atoms. The zero-order valence-corrected chi connectivity index (χ0v) is 35.3. The number of thiophene rings is 1. The van der Waals surface area contributed by atoms with Gasteiger partial charge < -0.3 is 14.3 Å². The number of carbonyl (C=O) groups is 2. The minimum atomic E-state index is -2.90. The number of phenolic OH excluding ortho intramolecular Hbond substituents is 1. The van der Waals surface area contributed by atoms with Crippen LogP contribution in [0, 0.1) is 17.8 Å². The molecule has 0 unspecified atom stereocenters. The number of amides is 2. The number of phenols is 1.